The molecule has 0 bridgehead atoms. The van der Waals surface area contributed by atoms with Crippen LogP contribution in [0, 0.1) is 10.1 Å². The van der Waals surface area contributed by atoms with E-state index in [2.05, 4.69) is 25.6 Å². The number of ether oxygens (including phenoxy) is 1. The number of carbonyl (C=O) groups excluding carboxylic acids is 2. The Morgan fingerprint density at radius 1 is 1.28 bits per heavy atom. The van der Waals surface area contributed by atoms with Crippen LogP contribution in [0.2, 0.25) is 0 Å². The maximum atomic E-state index is 12.4. The normalized spacial score (nSPS) is 11.7. The molecular weight excluding hydrogens is 378 g/mol. The highest BCUT2D eigenvalue weighted by Crippen LogP contribution is 2.21. The Morgan fingerprint density at radius 2 is 2.07 bits per heavy atom. The molecule has 0 fully saturated rings. The summed E-state index contributed by atoms with van der Waals surface area (Å²) in [5.41, 5.74) is 2.35. The molecule has 0 saturated heterocycles. The Morgan fingerprint density at radius 3 is 2.79 bits per heavy atom. The fourth-order valence-electron chi connectivity index (χ4n) is 2.79. The number of fused-ring (bicyclic) bond motifs is 1. The summed E-state index contributed by atoms with van der Waals surface area (Å²) in [6.45, 7) is 1.92. The summed E-state index contributed by atoms with van der Waals surface area (Å²) in [6, 6.07) is 10.9. The molecule has 150 valence electrons. The summed E-state index contributed by atoms with van der Waals surface area (Å²) in [6.07, 6.45) is 0. The van der Waals surface area contributed by atoms with E-state index >= 15 is 0 Å². The molecule has 29 heavy (non-hydrogen) atoms. The lowest BCUT2D eigenvalue weighted by Gasteiger charge is -2.10. The van der Waals surface area contributed by atoms with Crippen LogP contribution >= 0.6 is 0 Å². The first-order valence-electron chi connectivity index (χ1n) is 8.73. The van der Waals surface area contributed by atoms with Crippen LogP contribution in [0.4, 0.5) is 11.4 Å². The van der Waals surface area contributed by atoms with E-state index in [0.29, 0.717) is 17.4 Å². The summed E-state index contributed by atoms with van der Waals surface area (Å²) in [5.74, 6) is -1.04. The van der Waals surface area contributed by atoms with Crippen molar-refractivity contribution in [1.29, 1.82) is 0 Å². The standard InChI is InChI=1S/C19H19N5O5/c1-11(19(26)29-2)21-18(25)17-15-7-6-13(9-16(15)22-23-17)20-10-12-4-3-5-14(8-12)24(27)28/h3-9,11,20H,10H2,1-2H3,(H,21,25)(H,22,23)/t11-/m0/s1. The third-order valence-corrected chi connectivity index (χ3v) is 4.30. The van der Waals surface area contributed by atoms with Crippen LogP contribution in [-0.2, 0) is 16.1 Å². The summed E-state index contributed by atoms with van der Waals surface area (Å²) in [5, 5.41) is 24.0. The largest absolute Gasteiger partial charge is 0.467 e. The van der Waals surface area contributed by atoms with Gasteiger partial charge in [-0.2, -0.15) is 5.10 Å². The number of aromatic nitrogens is 2. The molecule has 2 aromatic carbocycles. The quantitative estimate of drug-likeness (QED) is 0.316. The second-order valence-corrected chi connectivity index (χ2v) is 6.33. The first kappa shape index (κ1) is 19.8. The molecule has 0 aliphatic rings. The number of hydrogen-bond acceptors (Lipinski definition) is 7. The van der Waals surface area contributed by atoms with Crippen LogP contribution in [0.15, 0.2) is 42.5 Å². The van der Waals surface area contributed by atoms with Crippen LogP contribution in [0.1, 0.15) is 23.0 Å². The number of anilines is 1. The predicted molar refractivity (Wildman–Crippen MR) is 105 cm³/mol. The molecule has 0 aliphatic carbocycles. The van der Waals surface area contributed by atoms with Gasteiger partial charge in [0.25, 0.3) is 11.6 Å². The van der Waals surface area contributed by atoms with E-state index in [-0.39, 0.29) is 11.4 Å². The molecule has 3 rings (SSSR count). The average molecular weight is 397 g/mol. The lowest BCUT2D eigenvalue weighted by Crippen LogP contribution is -2.39. The van der Waals surface area contributed by atoms with Gasteiger partial charge in [-0.3, -0.25) is 20.0 Å². The number of esters is 1. The third kappa shape index (κ3) is 4.49. The van der Waals surface area contributed by atoms with Crippen molar-refractivity contribution in [1.82, 2.24) is 15.5 Å². The topological polar surface area (TPSA) is 139 Å². The van der Waals surface area contributed by atoms with Gasteiger partial charge in [0.2, 0.25) is 0 Å². The Hall–Kier alpha value is -3.95. The molecule has 3 aromatic rings. The highest BCUT2D eigenvalue weighted by Gasteiger charge is 2.20. The molecule has 10 nitrogen and oxygen atoms in total. The Balaban J connectivity index is 1.72. The zero-order valence-corrected chi connectivity index (χ0v) is 15.8. The second-order valence-electron chi connectivity index (χ2n) is 6.33. The van der Waals surface area contributed by atoms with Gasteiger partial charge in [-0.1, -0.05) is 12.1 Å². The number of amides is 1. The van der Waals surface area contributed by atoms with Crippen molar-refractivity contribution in [2.24, 2.45) is 0 Å². The predicted octanol–water partition coefficient (Wildman–Crippen LogP) is 2.37. The van der Waals surface area contributed by atoms with Crippen LogP contribution in [-0.4, -0.2) is 40.1 Å². The minimum atomic E-state index is -0.796. The van der Waals surface area contributed by atoms with E-state index in [4.69, 9.17) is 0 Å². The number of H-pyrrole nitrogens is 1. The number of nitro benzene ring substituents is 1. The van der Waals surface area contributed by atoms with Gasteiger partial charge in [0.05, 0.1) is 17.5 Å². The summed E-state index contributed by atoms with van der Waals surface area (Å²) in [4.78, 5) is 34.3. The SMILES string of the molecule is COC(=O)[C@H](C)NC(=O)c1n[nH]c2cc(NCc3cccc([N+](=O)[O-])c3)ccc12. The molecule has 0 unspecified atom stereocenters. The molecule has 10 heteroatoms. The van der Waals surface area contributed by atoms with Crippen molar-refractivity contribution < 1.29 is 19.2 Å². The van der Waals surface area contributed by atoms with Crippen molar-refractivity contribution in [3.8, 4) is 0 Å². The van der Waals surface area contributed by atoms with Crippen molar-refractivity contribution in [3.05, 3.63) is 63.8 Å². The molecular formula is C19H19N5O5. The molecule has 1 heterocycles. The van der Waals surface area contributed by atoms with Gasteiger partial charge in [0.15, 0.2) is 5.69 Å². The maximum Gasteiger partial charge on any atom is 0.328 e. The minimum absolute atomic E-state index is 0.0326. The van der Waals surface area contributed by atoms with E-state index in [1.54, 1.807) is 30.3 Å². The van der Waals surface area contributed by atoms with E-state index < -0.39 is 22.8 Å². The highest BCUT2D eigenvalue weighted by atomic mass is 16.6. The van der Waals surface area contributed by atoms with Gasteiger partial charge in [-0.25, -0.2) is 4.79 Å². The summed E-state index contributed by atoms with van der Waals surface area (Å²) < 4.78 is 4.59. The monoisotopic (exact) mass is 397 g/mol. The number of carbonyl (C=O) groups is 2. The van der Waals surface area contributed by atoms with Crippen LogP contribution in [0.25, 0.3) is 10.9 Å². The first-order valence-corrected chi connectivity index (χ1v) is 8.73. The maximum absolute atomic E-state index is 12.4. The number of nitro groups is 1. The first-order chi connectivity index (χ1) is 13.9. The number of methoxy groups -OCH3 is 1. The van der Waals surface area contributed by atoms with Crippen LogP contribution < -0.4 is 10.6 Å². The summed E-state index contributed by atoms with van der Waals surface area (Å²) >= 11 is 0. The van der Waals surface area contributed by atoms with Gasteiger partial charge >= 0.3 is 5.97 Å². The molecule has 0 aliphatic heterocycles. The average Bonchev–Trinajstić information content (AvgIpc) is 3.15. The van der Waals surface area contributed by atoms with Crippen LogP contribution in [0.3, 0.4) is 0 Å². The van der Waals surface area contributed by atoms with Gasteiger partial charge in [-0.15, -0.1) is 0 Å². The van der Waals surface area contributed by atoms with Gasteiger partial charge in [0, 0.05) is 29.8 Å². The number of aromatic amines is 1. The zero-order valence-electron chi connectivity index (χ0n) is 15.8. The lowest BCUT2D eigenvalue weighted by atomic mass is 10.1. The van der Waals surface area contributed by atoms with Crippen molar-refractivity contribution >= 4 is 34.2 Å². The fourth-order valence-corrected chi connectivity index (χ4v) is 2.79. The molecule has 1 aromatic heterocycles. The molecule has 0 saturated carbocycles. The smallest absolute Gasteiger partial charge is 0.328 e. The van der Waals surface area contributed by atoms with E-state index in [1.807, 2.05) is 0 Å². The van der Waals surface area contributed by atoms with Crippen molar-refractivity contribution in [2.75, 3.05) is 12.4 Å². The number of benzene rings is 2. The Labute approximate surface area is 165 Å². The summed E-state index contributed by atoms with van der Waals surface area (Å²) in [7, 11) is 1.25. The Kier molecular flexibility index (Phi) is 5.72. The van der Waals surface area contributed by atoms with Gasteiger partial charge in [0.1, 0.15) is 6.04 Å². The molecule has 1 amide bonds. The zero-order chi connectivity index (χ0) is 21.0. The van der Waals surface area contributed by atoms with E-state index in [0.717, 1.165) is 11.3 Å². The second kappa shape index (κ2) is 8.38. The third-order valence-electron chi connectivity index (χ3n) is 4.30. The van der Waals surface area contributed by atoms with Crippen molar-refractivity contribution in [2.45, 2.75) is 19.5 Å². The molecule has 0 radical (unpaired) electrons. The van der Waals surface area contributed by atoms with Crippen molar-refractivity contribution in [3.63, 3.8) is 0 Å². The number of non-ortho nitro benzene ring substituents is 1. The van der Waals surface area contributed by atoms with E-state index in [1.165, 1.54) is 26.2 Å². The molecule has 1 atom stereocenters. The number of rotatable bonds is 7. The lowest BCUT2D eigenvalue weighted by molar-refractivity contribution is -0.384. The minimum Gasteiger partial charge on any atom is -0.467 e. The van der Waals surface area contributed by atoms with Gasteiger partial charge in [-0.05, 0) is 30.7 Å². The number of nitrogens with zero attached hydrogens (tertiary/aromatic N) is 2. The van der Waals surface area contributed by atoms with Gasteiger partial charge < -0.3 is 15.4 Å². The fraction of sp³-hybridized carbons (Fsp3) is 0.211. The number of nitrogens with one attached hydrogen (secondary N) is 3. The number of hydrogen-bond donors (Lipinski definition) is 3. The van der Waals surface area contributed by atoms with Crippen LogP contribution in [0.5, 0.6) is 0 Å². The molecule has 3 N–H and O–H groups in total. The highest BCUT2D eigenvalue weighted by molar-refractivity contribution is 6.06. The Bertz CT molecular complexity index is 1080. The van der Waals surface area contributed by atoms with E-state index in [9.17, 15) is 19.7 Å². The molecule has 0 spiro atoms.